The van der Waals surface area contributed by atoms with E-state index in [1.807, 2.05) is 37.3 Å². The number of H-pyrrole nitrogens is 1. The summed E-state index contributed by atoms with van der Waals surface area (Å²) >= 11 is 3.25. The number of primary amides is 1. The van der Waals surface area contributed by atoms with Crippen LogP contribution in [0.3, 0.4) is 0 Å². The standard InChI is InChI=1S/C20H18BrN3O2/c1-12-13(4-2-5-17(12)24-18(25)6-3-10-21)14-7-8-16(20(22)26)19-15(14)9-11-23-19/h2-9,11,23H,10H2,1H3,(H2,22,26)(H,24,25)/b6-3+. The molecule has 0 unspecified atom stereocenters. The van der Waals surface area contributed by atoms with Crippen LogP contribution in [0.15, 0.2) is 54.7 Å². The average Bonchev–Trinajstić information content (AvgIpc) is 3.10. The highest BCUT2D eigenvalue weighted by Crippen LogP contribution is 2.34. The van der Waals surface area contributed by atoms with E-state index < -0.39 is 5.91 Å². The molecule has 0 spiro atoms. The lowest BCUT2D eigenvalue weighted by Gasteiger charge is -2.13. The summed E-state index contributed by atoms with van der Waals surface area (Å²) < 4.78 is 0. The van der Waals surface area contributed by atoms with Gasteiger partial charge in [-0.3, -0.25) is 9.59 Å². The maximum atomic E-state index is 12.0. The van der Waals surface area contributed by atoms with Crippen molar-refractivity contribution in [2.24, 2.45) is 5.73 Å². The summed E-state index contributed by atoms with van der Waals surface area (Å²) in [7, 11) is 0. The van der Waals surface area contributed by atoms with Gasteiger partial charge in [-0.15, -0.1) is 0 Å². The molecule has 26 heavy (non-hydrogen) atoms. The third-order valence-electron chi connectivity index (χ3n) is 4.23. The number of carbonyl (C=O) groups excluding carboxylic acids is 2. The van der Waals surface area contributed by atoms with E-state index in [9.17, 15) is 9.59 Å². The van der Waals surface area contributed by atoms with Crippen molar-refractivity contribution in [3.63, 3.8) is 0 Å². The number of halogens is 1. The fourth-order valence-electron chi connectivity index (χ4n) is 2.99. The van der Waals surface area contributed by atoms with Gasteiger partial charge in [0.05, 0.1) is 11.1 Å². The summed E-state index contributed by atoms with van der Waals surface area (Å²) in [5.41, 5.74) is 10.3. The second-order valence-corrected chi connectivity index (χ2v) is 6.46. The Bertz CT molecular complexity index is 1020. The number of amides is 2. The van der Waals surface area contributed by atoms with E-state index in [0.717, 1.165) is 27.8 Å². The molecule has 0 radical (unpaired) electrons. The fraction of sp³-hybridized carbons (Fsp3) is 0.100. The van der Waals surface area contributed by atoms with Gasteiger partial charge >= 0.3 is 0 Å². The molecular weight excluding hydrogens is 394 g/mol. The lowest BCUT2D eigenvalue weighted by Crippen LogP contribution is -2.11. The Morgan fingerprint density at radius 3 is 2.73 bits per heavy atom. The Morgan fingerprint density at radius 2 is 2.00 bits per heavy atom. The van der Waals surface area contributed by atoms with Crippen molar-refractivity contribution in [1.82, 2.24) is 4.98 Å². The van der Waals surface area contributed by atoms with Crippen LogP contribution in [0.5, 0.6) is 0 Å². The molecule has 2 aromatic carbocycles. The number of nitrogens with two attached hydrogens (primary N) is 1. The molecule has 0 aliphatic rings. The number of alkyl halides is 1. The van der Waals surface area contributed by atoms with Crippen molar-refractivity contribution in [2.45, 2.75) is 6.92 Å². The van der Waals surface area contributed by atoms with E-state index in [0.29, 0.717) is 16.4 Å². The topological polar surface area (TPSA) is 88.0 Å². The van der Waals surface area contributed by atoms with Crippen LogP contribution in [-0.2, 0) is 4.79 Å². The Labute approximate surface area is 159 Å². The number of carbonyl (C=O) groups is 2. The van der Waals surface area contributed by atoms with Crippen molar-refractivity contribution in [3.05, 3.63) is 65.9 Å². The quantitative estimate of drug-likeness (QED) is 0.435. The zero-order valence-electron chi connectivity index (χ0n) is 14.2. The number of anilines is 1. The lowest BCUT2D eigenvalue weighted by molar-refractivity contribution is -0.111. The zero-order chi connectivity index (χ0) is 18.7. The number of hydrogen-bond acceptors (Lipinski definition) is 2. The van der Waals surface area contributed by atoms with E-state index in [-0.39, 0.29) is 5.91 Å². The molecule has 0 atom stereocenters. The number of nitrogens with one attached hydrogen (secondary N) is 2. The molecule has 0 aliphatic heterocycles. The van der Waals surface area contributed by atoms with Gasteiger partial charge in [-0.05, 0) is 41.8 Å². The van der Waals surface area contributed by atoms with Gasteiger partial charge in [0, 0.05) is 28.7 Å². The Hall–Kier alpha value is -2.86. The van der Waals surface area contributed by atoms with Crippen molar-refractivity contribution in [1.29, 1.82) is 0 Å². The zero-order valence-corrected chi connectivity index (χ0v) is 15.8. The molecule has 2 amide bonds. The summed E-state index contributed by atoms with van der Waals surface area (Å²) in [5.74, 6) is -0.652. The minimum Gasteiger partial charge on any atom is -0.366 e. The largest absolute Gasteiger partial charge is 0.366 e. The second kappa shape index (κ2) is 7.58. The molecule has 3 rings (SSSR count). The fourth-order valence-corrected chi connectivity index (χ4v) is 3.17. The molecule has 0 bridgehead atoms. The SMILES string of the molecule is Cc1c(NC(=O)/C=C/CBr)cccc1-c1ccc(C(N)=O)c2[nH]ccc12. The van der Waals surface area contributed by atoms with Gasteiger partial charge in [0.25, 0.3) is 5.91 Å². The summed E-state index contributed by atoms with van der Waals surface area (Å²) in [6, 6.07) is 11.3. The van der Waals surface area contributed by atoms with Crippen molar-refractivity contribution in [2.75, 3.05) is 10.6 Å². The highest BCUT2D eigenvalue weighted by Gasteiger charge is 2.14. The number of aromatic nitrogens is 1. The van der Waals surface area contributed by atoms with Gasteiger partial charge < -0.3 is 16.0 Å². The van der Waals surface area contributed by atoms with E-state index in [1.165, 1.54) is 6.08 Å². The van der Waals surface area contributed by atoms with E-state index in [4.69, 9.17) is 5.73 Å². The number of hydrogen-bond donors (Lipinski definition) is 3. The number of allylic oxidation sites excluding steroid dienone is 1. The lowest BCUT2D eigenvalue weighted by atomic mass is 9.94. The van der Waals surface area contributed by atoms with Crippen LogP contribution in [0.1, 0.15) is 15.9 Å². The number of rotatable bonds is 5. The van der Waals surface area contributed by atoms with Gasteiger partial charge in [-0.25, -0.2) is 0 Å². The van der Waals surface area contributed by atoms with Crippen molar-refractivity contribution < 1.29 is 9.59 Å². The van der Waals surface area contributed by atoms with Gasteiger partial charge in [-0.1, -0.05) is 40.2 Å². The number of fused-ring (bicyclic) bond motifs is 1. The molecule has 4 N–H and O–H groups in total. The Kier molecular flexibility index (Phi) is 5.23. The summed E-state index contributed by atoms with van der Waals surface area (Å²) in [6.07, 6.45) is 5.01. The first-order valence-corrected chi connectivity index (χ1v) is 9.18. The normalized spacial score (nSPS) is 11.2. The minimum absolute atomic E-state index is 0.180. The van der Waals surface area contributed by atoms with E-state index in [1.54, 1.807) is 18.3 Å². The smallest absolute Gasteiger partial charge is 0.250 e. The Morgan fingerprint density at radius 1 is 1.19 bits per heavy atom. The molecule has 0 saturated carbocycles. The van der Waals surface area contributed by atoms with Crippen molar-refractivity contribution >= 4 is 44.3 Å². The predicted molar refractivity (Wildman–Crippen MR) is 109 cm³/mol. The van der Waals surface area contributed by atoms with Crippen LogP contribution in [0.2, 0.25) is 0 Å². The number of aromatic amines is 1. The summed E-state index contributed by atoms with van der Waals surface area (Å²) in [6.45, 7) is 1.96. The first kappa shape index (κ1) is 17.9. The molecule has 5 nitrogen and oxygen atoms in total. The first-order valence-electron chi connectivity index (χ1n) is 8.06. The van der Waals surface area contributed by atoms with Gasteiger partial charge in [0.15, 0.2) is 0 Å². The van der Waals surface area contributed by atoms with Gasteiger partial charge in [-0.2, -0.15) is 0 Å². The van der Waals surface area contributed by atoms with Crippen LogP contribution in [0.4, 0.5) is 5.69 Å². The highest BCUT2D eigenvalue weighted by atomic mass is 79.9. The molecule has 0 fully saturated rings. The van der Waals surface area contributed by atoms with Crippen LogP contribution in [-0.4, -0.2) is 22.1 Å². The van der Waals surface area contributed by atoms with E-state index >= 15 is 0 Å². The molecule has 0 aliphatic carbocycles. The van der Waals surface area contributed by atoms with Crippen LogP contribution < -0.4 is 11.1 Å². The third kappa shape index (κ3) is 3.41. The molecule has 6 heteroatoms. The van der Waals surface area contributed by atoms with E-state index in [2.05, 4.69) is 26.2 Å². The molecule has 132 valence electrons. The monoisotopic (exact) mass is 411 g/mol. The Balaban J connectivity index is 2.07. The molecule has 0 saturated heterocycles. The van der Waals surface area contributed by atoms with Crippen LogP contribution in [0, 0.1) is 6.92 Å². The first-order chi connectivity index (χ1) is 12.5. The minimum atomic E-state index is -0.472. The maximum absolute atomic E-state index is 12.0. The van der Waals surface area contributed by atoms with Gasteiger partial charge in [0.2, 0.25) is 5.91 Å². The molecule has 1 aromatic heterocycles. The maximum Gasteiger partial charge on any atom is 0.250 e. The summed E-state index contributed by atoms with van der Waals surface area (Å²) in [5, 5.41) is 4.43. The molecular formula is C20H18BrN3O2. The van der Waals surface area contributed by atoms with Gasteiger partial charge in [0.1, 0.15) is 0 Å². The predicted octanol–water partition coefficient (Wildman–Crippen LogP) is 4.13. The molecule has 1 heterocycles. The number of benzene rings is 2. The van der Waals surface area contributed by atoms with Crippen LogP contribution >= 0.6 is 15.9 Å². The molecule has 3 aromatic rings. The average molecular weight is 412 g/mol. The van der Waals surface area contributed by atoms with Crippen molar-refractivity contribution in [3.8, 4) is 11.1 Å². The summed E-state index contributed by atoms with van der Waals surface area (Å²) in [4.78, 5) is 26.7. The highest BCUT2D eigenvalue weighted by molar-refractivity contribution is 9.09. The second-order valence-electron chi connectivity index (χ2n) is 5.82. The third-order valence-corrected chi connectivity index (χ3v) is 4.60. The van der Waals surface area contributed by atoms with Crippen LogP contribution in [0.25, 0.3) is 22.0 Å².